The van der Waals surface area contributed by atoms with E-state index in [0.717, 1.165) is 6.42 Å². The van der Waals surface area contributed by atoms with Crippen molar-refractivity contribution in [3.63, 3.8) is 0 Å². The number of anilines is 1. The second-order valence-electron chi connectivity index (χ2n) is 7.97. The number of hydrogen-bond donors (Lipinski definition) is 2. The van der Waals surface area contributed by atoms with Gasteiger partial charge in [-0.2, -0.15) is 0 Å². The number of carbonyl (C=O) groups is 3. The molecule has 170 valence electrons. The summed E-state index contributed by atoms with van der Waals surface area (Å²) in [6, 6.07) is 8.48. The summed E-state index contributed by atoms with van der Waals surface area (Å²) in [6.07, 6.45) is 1.22. The summed E-state index contributed by atoms with van der Waals surface area (Å²) in [4.78, 5) is 39.9. The van der Waals surface area contributed by atoms with Crippen LogP contribution in [0.15, 0.2) is 35.7 Å². The first kappa shape index (κ1) is 22.3. The van der Waals surface area contributed by atoms with Crippen LogP contribution in [-0.4, -0.2) is 61.1 Å². The number of thiophene rings is 1. The Kier molecular flexibility index (Phi) is 6.76. The van der Waals surface area contributed by atoms with Gasteiger partial charge in [0.1, 0.15) is 18.5 Å². The van der Waals surface area contributed by atoms with Crippen molar-refractivity contribution in [3.8, 4) is 5.75 Å². The minimum Gasteiger partial charge on any atom is -0.490 e. The van der Waals surface area contributed by atoms with Gasteiger partial charge in [-0.1, -0.05) is 6.07 Å². The number of ether oxygens (including phenoxy) is 2. The van der Waals surface area contributed by atoms with E-state index in [1.807, 2.05) is 18.4 Å². The van der Waals surface area contributed by atoms with E-state index in [9.17, 15) is 14.4 Å². The van der Waals surface area contributed by atoms with E-state index >= 15 is 0 Å². The Morgan fingerprint density at radius 3 is 2.84 bits per heavy atom. The molecule has 0 saturated carbocycles. The number of carbonyl (C=O) groups excluding carboxylic acids is 3. The number of nitrogens with one attached hydrogen (secondary N) is 2. The number of likely N-dealkylation sites (N-methyl/N-ethyl adjacent to an activating group) is 1. The predicted octanol–water partition coefficient (Wildman–Crippen LogP) is 2.91. The van der Waals surface area contributed by atoms with Crippen LogP contribution in [0.1, 0.15) is 46.2 Å². The summed E-state index contributed by atoms with van der Waals surface area (Å²) in [7, 11) is 1.76. The first-order chi connectivity index (χ1) is 15.5. The molecule has 1 aromatic heterocycles. The maximum absolute atomic E-state index is 13.3. The van der Waals surface area contributed by atoms with Crippen molar-refractivity contribution >= 4 is 34.7 Å². The molecule has 4 rings (SSSR count). The van der Waals surface area contributed by atoms with Gasteiger partial charge in [-0.15, -0.1) is 11.3 Å². The highest BCUT2D eigenvalue weighted by atomic mass is 32.1. The monoisotopic (exact) mass is 457 g/mol. The highest BCUT2D eigenvalue weighted by molar-refractivity contribution is 7.12. The van der Waals surface area contributed by atoms with Crippen LogP contribution < -0.4 is 15.4 Å². The Morgan fingerprint density at radius 2 is 2.09 bits per heavy atom. The van der Waals surface area contributed by atoms with Crippen molar-refractivity contribution in [2.75, 3.05) is 25.5 Å². The van der Waals surface area contributed by atoms with Crippen molar-refractivity contribution in [1.82, 2.24) is 10.2 Å². The molecular weight excluding hydrogens is 430 g/mol. The lowest BCUT2D eigenvalue weighted by molar-refractivity contribution is -0.133. The number of fused-ring (bicyclic) bond motifs is 2. The van der Waals surface area contributed by atoms with Gasteiger partial charge in [0.2, 0.25) is 5.91 Å². The highest BCUT2D eigenvalue weighted by Crippen LogP contribution is 2.32. The molecule has 2 N–H and O–H groups in total. The van der Waals surface area contributed by atoms with Gasteiger partial charge in [-0.05, 0) is 49.4 Å². The molecule has 1 saturated heterocycles. The lowest BCUT2D eigenvalue weighted by atomic mass is 9.94. The summed E-state index contributed by atoms with van der Waals surface area (Å²) in [5.74, 6) is 0.0117. The molecule has 1 fully saturated rings. The standard InChI is InChI=1S/C23H27N3O5S/c1-3-24-21(27)12-15-7-8-17-19(31-15)13-30-18-9-6-14(11-16(18)23(29)26(17)2)25-22(28)20-5-4-10-32-20/h4-6,9-11,15,17,19H,3,7-8,12-13H2,1-2H3,(H,24,27)(H,25,28)/t15-,17-,19+/m1/s1. The third-order valence-corrected chi connectivity index (χ3v) is 6.67. The fraction of sp³-hybridized carbons (Fsp3) is 0.435. The van der Waals surface area contributed by atoms with E-state index in [-0.39, 0.29) is 42.6 Å². The van der Waals surface area contributed by atoms with Crippen molar-refractivity contribution in [2.45, 2.75) is 44.4 Å². The molecule has 9 heteroatoms. The maximum atomic E-state index is 13.3. The van der Waals surface area contributed by atoms with Crippen LogP contribution in [0, 0.1) is 0 Å². The van der Waals surface area contributed by atoms with Crippen molar-refractivity contribution < 1.29 is 23.9 Å². The van der Waals surface area contributed by atoms with E-state index in [1.165, 1.54) is 11.3 Å². The number of amides is 3. The number of nitrogens with zero attached hydrogens (tertiary/aromatic N) is 1. The van der Waals surface area contributed by atoms with Gasteiger partial charge in [-0.3, -0.25) is 14.4 Å². The van der Waals surface area contributed by atoms with Gasteiger partial charge in [0.15, 0.2) is 0 Å². The zero-order chi connectivity index (χ0) is 22.7. The topological polar surface area (TPSA) is 97.0 Å². The summed E-state index contributed by atoms with van der Waals surface area (Å²) >= 11 is 1.35. The van der Waals surface area contributed by atoms with Crippen LogP contribution in [0.25, 0.3) is 0 Å². The second-order valence-corrected chi connectivity index (χ2v) is 8.92. The third kappa shape index (κ3) is 4.78. The molecule has 0 unspecified atom stereocenters. The van der Waals surface area contributed by atoms with Gasteiger partial charge < -0.3 is 25.0 Å². The van der Waals surface area contributed by atoms with Crippen molar-refractivity contribution in [2.24, 2.45) is 0 Å². The average molecular weight is 458 g/mol. The molecule has 3 amide bonds. The van der Waals surface area contributed by atoms with Crippen LogP contribution in [-0.2, 0) is 9.53 Å². The average Bonchev–Trinajstić information content (AvgIpc) is 3.32. The zero-order valence-electron chi connectivity index (χ0n) is 18.1. The first-order valence-electron chi connectivity index (χ1n) is 10.8. The molecule has 2 aliphatic rings. The lowest BCUT2D eigenvalue weighted by Gasteiger charge is -2.42. The van der Waals surface area contributed by atoms with E-state index in [1.54, 1.807) is 36.2 Å². The number of benzene rings is 1. The molecular formula is C23H27N3O5S. The predicted molar refractivity (Wildman–Crippen MR) is 121 cm³/mol. The Bertz CT molecular complexity index is 994. The zero-order valence-corrected chi connectivity index (χ0v) is 18.9. The van der Waals surface area contributed by atoms with E-state index < -0.39 is 0 Å². The van der Waals surface area contributed by atoms with Crippen LogP contribution in [0.5, 0.6) is 5.75 Å². The van der Waals surface area contributed by atoms with Gasteiger partial charge in [0, 0.05) is 19.3 Å². The second kappa shape index (κ2) is 9.70. The Labute approximate surface area is 190 Å². The van der Waals surface area contributed by atoms with Gasteiger partial charge in [0.25, 0.3) is 11.8 Å². The molecule has 0 spiro atoms. The van der Waals surface area contributed by atoms with Crippen LogP contribution >= 0.6 is 11.3 Å². The first-order valence-corrected chi connectivity index (χ1v) is 11.6. The molecule has 0 aliphatic carbocycles. The fourth-order valence-electron chi connectivity index (χ4n) is 4.18. The molecule has 0 bridgehead atoms. The van der Waals surface area contributed by atoms with Gasteiger partial charge in [0.05, 0.1) is 29.0 Å². The maximum Gasteiger partial charge on any atom is 0.265 e. The molecule has 1 aromatic carbocycles. The van der Waals surface area contributed by atoms with E-state index in [2.05, 4.69) is 10.6 Å². The number of rotatable bonds is 5. The van der Waals surface area contributed by atoms with Crippen molar-refractivity contribution in [3.05, 3.63) is 46.2 Å². The fourth-order valence-corrected chi connectivity index (χ4v) is 4.80. The Balaban J connectivity index is 1.49. The normalized spacial score (nSPS) is 22.6. The van der Waals surface area contributed by atoms with Crippen LogP contribution in [0.2, 0.25) is 0 Å². The summed E-state index contributed by atoms with van der Waals surface area (Å²) in [5.41, 5.74) is 0.936. The SMILES string of the molecule is CCNC(=O)C[C@H]1CC[C@@H]2[C@H](COc3ccc(NC(=O)c4cccs4)cc3C(=O)N2C)O1. The molecule has 3 atom stereocenters. The van der Waals surface area contributed by atoms with Gasteiger partial charge >= 0.3 is 0 Å². The smallest absolute Gasteiger partial charge is 0.265 e. The summed E-state index contributed by atoms with van der Waals surface area (Å²) < 4.78 is 12.1. The largest absolute Gasteiger partial charge is 0.490 e. The summed E-state index contributed by atoms with van der Waals surface area (Å²) in [5, 5.41) is 7.48. The molecule has 2 aliphatic heterocycles. The Hall–Kier alpha value is -2.91. The van der Waals surface area contributed by atoms with Crippen LogP contribution in [0.4, 0.5) is 5.69 Å². The Morgan fingerprint density at radius 1 is 1.25 bits per heavy atom. The lowest BCUT2D eigenvalue weighted by Crippen LogP contribution is -2.54. The number of hydrogen-bond acceptors (Lipinski definition) is 6. The molecule has 3 heterocycles. The minimum absolute atomic E-state index is 0.0328. The summed E-state index contributed by atoms with van der Waals surface area (Å²) in [6.45, 7) is 2.75. The third-order valence-electron chi connectivity index (χ3n) is 5.80. The van der Waals surface area contributed by atoms with Crippen LogP contribution in [0.3, 0.4) is 0 Å². The highest BCUT2D eigenvalue weighted by Gasteiger charge is 2.39. The van der Waals surface area contributed by atoms with E-state index in [0.29, 0.717) is 41.3 Å². The molecule has 32 heavy (non-hydrogen) atoms. The van der Waals surface area contributed by atoms with Gasteiger partial charge in [-0.25, -0.2) is 0 Å². The van der Waals surface area contributed by atoms with E-state index in [4.69, 9.17) is 9.47 Å². The van der Waals surface area contributed by atoms with Crippen molar-refractivity contribution in [1.29, 1.82) is 0 Å². The minimum atomic E-state index is -0.316. The molecule has 8 nitrogen and oxygen atoms in total. The molecule has 0 radical (unpaired) electrons. The quantitative estimate of drug-likeness (QED) is 0.720. The molecule has 2 aromatic rings.